The second-order valence-electron chi connectivity index (χ2n) is 22.3. The Bertz CT molecular complexity index is 5450. The van der Waals surface area contributed by atoms with Crippen LogP contribution in [0.1, 0.15) is 0 Å². The number of benzene rings is 13. The zero-order valence-electron chi connectivity index (χ0n) is 47.8. The molecule has 0 amide bonds. The molecule has 4 heterocycles. The molecule has 0 N–H and O–H groups in total. The normalized spacial score (nSPS) is 11.6. The molecule has 0 radical (unpaired) electrons. The van der Waals surface area contributed by atoms with Crippen molar-refractivity contribution in [2.24, 2.45) is 0 Å². The van der Waals surface area contributed by atoms with Crippen LogP contribution in [-0.2, 0) is 0 Å². The third-order valence-electron chi connectivity index (χ3n) is 17.2. The van der Waals surface area contributed by atoms with E-state index in [9.17, 15) is 0 Å². The van der Waals surface area contributed by atoms with E-state index < -0.39 is 0 Å². The Morgan fingerprint density at radius 1 is 0.182 bits per heavy atom. The van der Waals surface area contributed by atoms with Crippen molar-refractivity contribution < 1.29 is 0 Å². The third kappa shape index (κ3) is 8.30. The van der Waals surface area contributed by atoms with Crippen molar-refractivity contribution in [1.29, 1.82) is 0 Å². The molecule has 0 saturated carbocycles. The van der Waals surface area contributed by atoms with Crippen LogP contribution < -0.4 is 14.7 Å². The highest BCUT2D eigenvalue weighted by Gasteiger charge is 2.27. The first-order valence-electron chi connectivity index (χ1n) is 29.8. The van der Waals surface area contributed by atoms with E-state index in [-0.39, 0.29) is 0 Å². The minimum atomic E-state index is 0.682. The van der Waals surface area contributed by atoms with Crippen LogP contribution in [-0.4, -0.2) is 23.9 Å². The molecule has 414 valence electrons. The van der Waals surface area contributed by atoms with Crippen molar-refractivity contribution in [1.82, 2.24) is 23.9 Å². The van der Waals surface area contributed by atoms with E-state index in [0.717, 1.165) is 122 Å². The van der Waals surface area contributed by atoms with Crippen LogP contribution in [0.15, 0.2) is 328 Å². The quantitative estimate of drug-likeness (QED) is 0.122. The number of anilines is 9. The number of fused-ring (bicyclic) bond motifs is 10. The summed E-state index contributed by atoms with van der Waals surface area (Å²) in [7, 11) is 0. The van der Waals surface area contributed by atoms with Crippen LogP contribution in [0.2, 0.25) is 0 Å². The summed E-state index contributed by atoms with van der Waals surface area (Å²) >= 11 is 0. The summed E-state index contributed by atoms with van der Waals surface area (Å²) in [5.41, 5.74) is 16.9. The van der Waals surface area contributed by atoms with Gasteiger partial charge in [0.2, 0.25) is 0 Å². The standard InChI is InChI=1S/C80H54N8/c1-7-25-55(26-8-1)83(62-44-48-76-69(51-62)65-37-19-22-40-73(65)86(76)58-31-13-4-14-32-58)61-43-47-68-72(54-61)80(85(57-29-11-3-12-30-57)64-46-50-78-71(53-64)67-39-21-24-42-75(67)88(78)60-35-17-6-18-36-60)82-81-79(68)84(56-27-9-2-10-28-56)63-45-49-77-70(52-63)66-38-20-23-41-74(66)87(77)59-33-15-5-16-34-59/h1-54H. The van der Waals surface area contributed by atoms with Gasteiger partial charge in [0.25, 0.3) is 0 Å². The summed E-state index contributed by atoms with van der Waals surface area (Å²) in [6.45, 7) is 0. The average molecular weight is 1130 g/mol. The third-order valence-corrected chi connectivity index (χ3v) is 17.2. The van der Waals surface area contributed by atoms with E-state index in [0.29, 0.717) is 11.6 Å². The molecule has 0 unspecified atom stereocenters. The first-order valence-corrected chi connectivity index (χ1v) is 29.8. The number of hydrogen-bond donors (Lipinski definition) is 0. The molecular weight excluding hydrogens is 1070 g/mol. The second-order valence-corrected chi connectivity index (χ2v) is 22.3. The molecule has 0 atom stereocenters. The summed E-state index contributed by atoms with van der Waals surface area (Å²) in [6, 6.07) is 117. The van der Waals surface area contributed by atoms with Crippen LogP contribution in [0.5, 0.6) is 0 Å². The fraction of sp³-hybridized carbons (Fsp3) is 0. The summed E-state index contributed by atoms with van der Waals surface area (Å²) in [5, 5.41) is 19.8. The van der Waals surface area contributed by atoms with E-state index >= 15 is 0 Å². The maximum Gasteiger partial charge on any atom is 0.168 e. The smallest absolute Gasteiger partial charge is 0.168 e. The molecular formula is C80H54N8. The molecule has 0 spiro atoms. The van der Waals surface area contributed by atoms with Crippen molar-refractivity contribution in [3.8, 4) is 17.1 Å². The first kappa shape index (κ1) is 50.5. The van der Waals surface area contributed by atoms with Gasteiger partial charge < -0.3 is 18.6 Å². The topological polar surface area (TPSA) is 50.3 Å². The van der Waals surface area contributed by atoms with Gasteiger partial charge in [-0.15, -0.1) is 10.2 Å². The molecule has 0 aliphatic heterocycles. The van der Waals surface area contributed by atoms with Crippen molar-refractivity contribution >= 4 is 128 Å². The summed E-state index contributed by atoms with van der Waals surface area (Å²) < 4.78 is 7.09. The SMILES string of the molecule is c1ccc(N(c2ccc3c(N(c4ccccc4)c4ccc5c(c4)c4ccccc4n5-c4ccccc4)nnc(N(c4ccccc4)c4ccc5c(c4)c4ccccc4n5-c4ccccc4)c3c2)c2ccc3c(c2)c2ccccc2n3-c2ccccc2)cc1. The molecule has 0 saturated heterocycles. The molecule has 8 heteroatoms. The molecule has 0 aliphatic rings. The summed E-state index contributed by atoms with van der Waals surface area (Å²) in [6.07, 6.45) is 0. The van der Waals surface area contributed by atoms with E-state index in [4.69, 9.17) is 10.2 Å². The fourth-order valence-corrected chi connectivity index (χ4v) is 13.4. The second kappa shape index (κ2) is 21.0. The van der Waals surface area contributed by atoms with Gasteiger partial charge in [-0.25, -0.2) is 0 Å². The lowest BCUT2D eigenvalue weighted by Gasteiger charge is -2.30. The maximum atomic E-state index is 5.54. The van der Waals surface area contributed by atoms with Crippen molar-refractivity contribution in [2.45, 2.75) is 0 Å². The Morgan fingerprint density at radius 2 is 0.443 bits per heavy atom. The fourth-order valence-electron chi connectivity index (χ4n) is 13.4. The Labute approximate surface area is 508 Å². The Kier molecular flexibility index (Phi) is 12.0. The molecule has 0 bridgehead atoms. The van der Waals surface area contributed by atoms with E-state index in [1.807, 2.05) is 0 Å². The maximum absolute atomic E-state index is 5.54. The van der Waals surface area contributed by atoms with Crippen LogP contribution in [0, 0.1) is 0 Å². The van der Waals surface area contributed by atoms with Crippen molar-refractivity contribution in [2.75, 3.05) is 14.7 Å². The number of para-hydroxylation sites is 9. The minimum absolute atomic E-state index is 0.682. The molecule has 4 aromatic heterocycles. The molecule has 0 aliphatic carbocycles. The average Bonchev–Trinajstić information content (AvgIpc) is 1.65. The van der Waals surface area contributed by atoms with Gasteiger partial charge in [-0.3, -0.25) is 9.80 Å². The van der Waals surface area contributed by atoms with Gasteiger partial charge in [-0.1, -0.05) is 164 Å². The van der Waals surface area contributed by atoms with Gasteiger partial charge in [0.05, 0.1) is 33.1 Å². The lowest BCUT2D eigenvalue weighted by Crippen LogP contribution is -2.17. The molecule has 17 rings (SSSR count). The van der Waals surface area contributed by atoms with Crippen molar-refractivity contribution in [3.05, 3.63) is 328 Å². The van der Waals surface area contributed by atoms with E-state index in [1.165, 1.54) is 10.8 Å². The monoisotopic (exact) mass is 1130 g/mol. The number of hydrogen-bond acceptors (Lipinski definition) is 5. The van der Waals surface area contributed by atoms with Crippen LogP contribution >= 0.6 is 0 Å². The molecule has 8 nitrogen and oxygen atoms in total. The van der Waals surface area contributed by atoms with Crippen molar-refractivity contribution in [3.63, 3.8) is 0 Å². The van der Waals surface area contributed by atoms with Gasteiger partial charge in [-0.05, 0) is 164 Å². The van der Waals surface area contributed by atoms with Gasteiger partial charge >= 0.3 is 0 Å². The Balaban J connectivity index is 0.927. The first-order chi connectivity index (χ1) is 43.7. The summed E-state index contributed by atoms with van der Waals surface area (Å²) in [4.78, 5) is 6.93. The largest absolute Gasteiger partial charge is 0.310 e. The zero-order chi connectivity index (χ0) is 58.1. The number of rotatable bonds is 12. The molecule has 13 aromatic carbocycles. The lowest BCUT2D eigenvalue weighted by atomic mass is 10.1. The highest BCUT2D eigenvalue weighted by Crippen LogP contribution is 2.48. The molecule has 88 heavy (non-hydrogen) atoms. The molecule has 17 aromatic rings. The van der Waals surface area contributed by atoms with E-state index in [2.05, 4.69) is 356 Å². The Morgan fingerprint density at radius 3 is 0.807 bits per heavy atom. The molecule has 0 fully saturated rings. The highest BCUT2D eigenvalue weighted by atomic mass is 15.3. The van der Waals surface area contributed by atoms with Gasteiger partial charge in [0, 0.05) is 100.0 Å². The van der Waals surface area contributed by atoms with Crippen LogP contribution in [0.3, 0.4) is 0 Å². The zero-order valence-corrected chi connectivity index (χ0v) is 47.8. The predicted octanol–water partition coefficient (Wildman–Crippen LogP) is 21.3. The highest BCUT2D eigenvalue weighted by molar-refractivity contribution is 6.15. The van der Waals surface area contributed by atoms with Crippen LogP contribution in [0.4, 0.5) is 51.4 Å². The predicted molar refractivity (Wildman–Crippen MR) is 367 cm³/mol. The Hall–Kier alpha value is -12.0. The minimum Gasteiger partial charge on any atom is -0.310 e. The lowest BCUT2D eigenvalue weighted by molar-refractivity contribution is 1.00. The van der Waals surface area contributed by atoms with Crippen LogP contribution in [0.25, 0.3) is 93.3 Å². The van der Waals surface area contributed by atoms with Gasteiger partial charge in [-0.2, -0.15) is 0 Å². The van der Waals surface area contributed by atoms with Gasteiger partial charge in [0.15, 0.2) is 11.6 Å². The van der Waals surface area contributed by atoms with E-state index in [1.54, 1.807) is 0 Å². The summed E-state index contributed by atoms with van der Waals surface area (Å²) in [5.74, 6) is 1.38. The van der Waals surface area contributed by atoms with Gasteiger partial charge in [0.1, 0.15) is 0 Å². The number of nitrogens with zero attached hydrogens (tertiary/aromatic N) is 8. The number of aromatic nitrogens is 5.